The Balaban J connectivity index is 0.00000264. The molecule has 1 aliphatic rings. The first kappa shape index (κ1) is 20.3. The number of halogens is 4. The number of aryl methyl sites for hydroxylation is 1. The van der Waals surface area contributed by atoms with Crippen LogP contribution in [0.4, 0.5) is 13.2 Å². The molecule has 2 rings (SSSR count). The predicted octanol–water partition coefficient (Wildman–Crippen LogP) is 3.40. The third kappa shape index (κ3) is 4.84. The first-order valence-electron chi connectivity index (χ1n) is 7.36. The Morgan fingerprint density at radius 2 is 2.00 bits per heavy atom. The second kappa shape index (κ2) is 7.85. The van der Waals surface area contributed by atoms with Gasteiger partial charge in [-0.15, -0.1) is 12.4 Å². The molecule has 1 N–H and O–H groups in total. The first-order valence-corrected chi connectivity index (χ1v) is 9.02. The molecule has 0 radical (unpaired) electrons. The van der Waals surface area contributed by atoms with Crippen LogP contribution >= 0.6 is 12.4 Å². The van der Waals surface area contributed by atoms with Crippen LogP contribution in [0.5, 0.6) is 0 Å². The van der Waals surface area contributed by atoms with Crippen LogP contribution in [0.2, 0.25) is 0 Å². The summed E-state index contributed by atoms with van der Waals surface area (Å²) in [4.78, 5) is 0. The molecule has 23 heavy (non-hydrogen) atoms. The van der Waals surface area contributed by atoms with Crippen LogP contribution in [0.1, 0.15) is 36.5 Å². The van der Waals surface area contributed by atoms with Crippen molar-refractivity contribution >= 4 is 22.2 Å². The number of benzene rings is 1. The molecule has 3 nitrogen and oxygen atoms in total. The zero-order chi connectivity index (χ0) is 16.4. The summed E-state index contributed by atoms with van der Waals surface area (Å²) >= 11 is 0. The maximum Gasteiger partial charge on any atom is 0.497 e. The monoisotopic (exact) mass is 371 g/mol. The van der Waals surface area contributed by atoms with Crippen LogP contribution in [0.15, 0.2) is 18.2 Å². The molecule has 0 saturated heterocycles. The van der Waals surface area contributed by atoms with Gasteiger partial charge in [-0.25, -0.2) is 8.42 Å². The number of hydrogen-bond donors (Lipinski definition) is 1. The van der Waals surface area contributed by atoms with Crippen molar-refractivity contribution in [2.24, 2.45) is 0 Å². The lowest BCUT2D eigenvalue weighted by Gasteiger charge is -2.27. The highest BCUT2D eigenvalue weighted by Gasteiger charge is 2.45. The SMILES string of the molecule is CCCN[C@@H]1CCc2cccc(CS(=O)(=O)C(F)(F)F)c2C1.Cl. The topological polar surface area (TPSA) is 46.2 Å². The summed E-state index contributed by atoms with van der Waals surface area (Å²) in [7, 11) is -5.14. The highest BCUT2D eigenvalue weighted by atomic mass is 35.5. The van der Waals surface area contributed by atoms with Gasteiger partial charge in [-0.2, -0.15) is 13.2 Å². The Morgan fingerprint density at radius 1 is 1.30 bits per heavy atom. The van der Waals surface area contributed by atoms with Gasteiger partial charge in [0.2, 0.25) is 0 Å². The van der Waals surface area contributed by atoms with E-state index < -0.39 is 21.1 Å². The molecule has 0 aromatic heterocycles. The molecule has 0 spiro atoms. The maximum atomic E-state index is 12.6. The summed E-state index contributed by atoms with van der Waals surface area (Å²) in [6.07, 6.45) is 3.24. The molecular formula is C15H21ClF3NO2S. The molecule has 0 amide bonds. The van der Waals surface area contributed by atoms with Gasteiger partial charge >= 0.3 is 5.51 Å². The minimum Gasteiger partial charge on any atom is -0.314 e. The summed E-state index contributed by atoms with van der Waals surface area (Å²) in [5.74, 6) is -0.972. The summed E-state index contributed by atoms with van der Waals surface area (Å²) in [5, 5.41) is 3.36. The van der Waals surface area contributed by atoms with Crippen LogP contribution < -0.4 is 5.32 Å². The number of rotatable bonds is 5. The van der Waals surface area contributed by atoms with Gasteiger partial charge in [0.1, 0.15) is 0 Å². The Labute approximate surface area is 141 Å². The number of nitrogens with one attached hydrogen (secondary N) is 1. The highest BCUT2D eigenvalue weighted by Crippen LogP contribution is 2.31. The Kier molecular flexibility index (Phi) is 6.92. The van der Waals surface area contributed by atoms with E-state index in [-0.39, 0.29) is 24.0 Å². The molecule has 0 aliphatic heterocycles. The van der Waals surface area contributed by atoms with Crippen LogP contribution in [0, 0.1) is 0 Å². The van der Waals surface area contributed by atoms with Crippen molar-refractivity contribution in [3.63, 3.8) is 0 Å². The lowest BCUT2D eigenvalue weighted by molar-refractivity contribution is -0.0437. The van der Waals surface area contributed by atoms with Gasteiger partial charge in [-0.05, 0) is 48.9 Å². The summed E-state index contributed by atoms with van der Waals surface area (Å²) in [6.45, 7) is 2.90. The van der Waals surface area contributed by atoms with Gasteiger partial charge in [0.15, 0.2) is 0 Å². The van der Waals surface area contributed by atoms with E-state index in [2.05, 4.69) is 5.32 Å². The summed E-state index contributed by atoms with van der Waals surface area (Å²) < 4.78 is 60.6. The van der Waals surface area contributed by atoms with Gasteiger partial charge in [0, 0.05) is 6.04 Å². The zero-order valence-corrected chi connectivity index (χ0v) is 14.5. The van der Waals surface area contributed by atoms with Crippen LogP contribution in [0.25, 0.3) is 0 Å². The van der Waals surface area contributed by atoms with E-state index in [1.54, 1.807) is 6.07 Å². The fourth-order valence-corrected chi connectivity index (χ4v) is 3.65. The van der Waals surface area contributed by atoms with Crippen molar-refractivity contribution in [1.29, 1.82) is 0 Å². The van der Waals surface area contributed by atoms with Crippen molar-refractivity contribution in [2.45, 2.75) is 49.9 Å². The van der Waals surface area contributed by atoms with Gasteiger partial charge in [-0.3, -0.25) is 0 Å². The molecule has 0 saturated carbocycles. The minimum atomic E-state index is -5.20. The average Bonchev–Trinajstić information content (AvgIpc) is 2.44. The van der Waals surface area contributed by atoms with Gasteiger partial charge in [-0.1, -0.05) is 25.1 Å². The lowest BCUT2D eigenvalue weighted by Crippen LogP contribution is -2.35. The van der Waals surface area contributed by atoms with E-state index >= 15 is 0 Å². The van der Waals surface area contributed by atoms with E-state index in [9.17, 15) is 21.6 Å². The molecule has 1 aromatic rings. The number of fused-ring (bicyclic) bond motifs is 1. The maximum absolute atomic E-state index is 12.6. The Hall–Kier alpha value is -0.790. The second-order valence-corrected chi connectivity index (χ2v) is 7.63. The van der Waals surface area contributed by atoms with E-state index in [1.807, 2.05) is 13.0 Å². The van der Waals surface area contributed by atoms with Gasteiger partial charge < -0.3 is 5.32 Å². The predicted molar refractivity (Wildman–Crippen MR) is 86.5 cm³/mol. The van der Waals surface area contributed by atoms with E-state index in [0.717, 1.165) is 36.9 Å². The van der Waals surface area contributed by atoms with E-state index in [1.165, 1.54) is 6.07 Å². The standard InChI is InChI=1S/C15H20F3NO2S.ClH/c1-2-8-19-13-7-6-11-4-3-5-12(14(11)9-13)10-22(20,21)15(16,17)18;/h3-5,13,19H,2,6-10H2,1H3;1H/t13-;/m1./s1. The average molecular weight is 372 g/mol. The third-order valence-corrected chi connectivity index (χ3v) is 5.36. The largest absolute Gasteiger partial charge is 0.497 e. The normalized spacial score (nSPS) is 18.2. The van der Waals surface area contributed by atoms with Crippen LogP contribution in [0.3, 0.4) is 0 Å². The van der Waals surface area contributed by atoms with Crippen LogP contribution in [-0.4, -0.2) is 26.5 Å². The smallest absolute Gasteiger partial charge is 0.314 e. The quantitative estimate of drug-likeness (QED) is 0.862. The Morgan fingerprint density at radius 3 is 2.61 bits per heavy atom. The number of sulfone groups is 1. The van der Waals surface area contributed by atoms with Crippen LogP contribution in [-0.2, 0) is 28.4 Å². The third-order valence-electron chi connectivity index (χ3n) is 3.96. The molecule has 1 aliphatic carbocycles. The molecule has 132 valence electrons. The fraction of sp³-hybridized carbons (Fsp3) is 0.600. The fourth-order valence-electron chi connectivity index (χ4n) is 2.81. The Bertz CT molecular complexity index is 632. The molecule has 0 fully saturated rings. The molecule has 1 aromatic carbocycles. The van der Waals surface area contributed by atoms with Gasteiger partial charge in [0.05, 0.1) is 5.75 Å². The van der Waals surface area contributed by atoms with E-state index in [4.69, 9.17) is 0 Å². The molecule has 0 unspecified atom stereocenters. The van der Waals surface area contributed by atoms with Crippen molar-refractivity contribution < 1.29 is 21.6 Å². The van der Waals surface area contributed by atoms with E-state index in [0.29, 0.717) is 6.42 Å². The molecular weight excluding hydrogens is 351 g/mol. The van der Waals surface area contributed by atoms with Crippen molar-refractivity contribution in [3.05, 3.63) is 34.9 Å². The van der Waals surface area contributed by atoms with Crippen molar-refractivity contribution in [2.75, 3.05) is 6.54 Å². The molecule has 8 heteroatoms. The van der Waals surface area contributed by atoms with Gasteiger partial charge in [0.25, 0.3) is 9.84 Å². The summed E-state index contributed by atoms with van der Waals surface area (Å²) in [6, 6.07) is 5.20. The molecule has 1 atom stereocenters. The van der Waals surface area contributed by atoms with Crippen molar-refractivity contribution in [1.82, 2.24) is 5.32 Å². The molecule has 0 bridgehead atoms. The first-order chi connectivity index (χ1) is 10.2. The highest BCUT2D eigenvalue weighted by molar-refractivity contribution is 7.91. The minimum absolute atomic E-state index is 0. The molecule has 0 heterocycles. The zero-order valence-electron chi connectivity index (χ0n) is 12.8. The summed E-state index contributed by atoms with van der Waals surface area (Å²) in [5.41, 5.74) is -3.21. The number of alkyl halides is 3. The second-order valence-electron chi connectivity index (χ2n) is 5.65. The number of hydrogen-bond acceptors (Lipinski definition) is 3. The van der Waals surface area contributed by atoms with Crippen molar-refractivity contribution in [3.8, 4) is 0 Å². The lowest BCUT2D eigenvalue weighted by atomic mass is 9.85.